The highest BCUT2D eigenvalue weighted by Crippen LogP contribution is 2.39. The minimum Gasteiger partial charge on any atom is -0.489 e. The molecule has 240 valence electrons. The van der Waals surface area contributed by atoms with Crippen LogP contribution < -0.4 is 9.64 Å². The number of carboxylic acid groups (broad SMARTS) is 2. The number of aliphatic hydroxyl groups excluding tert-OH is 3. The number of rotatable bonds is 10. The lowest BCUT2D eigenvalue weighted by Crippen LogP contribution is -2.47. The summed E-state index contributed by atoms with van der Waals surface area (Å²) in [6, 6.07) is 4.59. The van der Waals surface area contributed by atoms with E-state index >= 15 is 0 Å². The van der Waals surface area contributed by atoms with E-state index in [1.165, 1.54) is 17.0 Å². The summed E-state index contributed by atoms with van der Waals surface area (Å²) in [4.78, 5) is 50.4. The molecule has 1 aromatic carbocycles. The van der Waals surface area contributed by atoms with Gasteiger partial charge >= 0.3 is 11.9 Å². The van der Waals surface area contributed by atoms with Gasteiger partial charge in [-0.15, -0.1) is 0 Å². The minimum absolute atomic E-state index is 0.00519. The Kier molecular flexibility index (Phi) is 11.8. The number of nitrogens with zero attached hydrogens (tertiary/aromatic N) is 3. The van der Waals surface area contributed by atoms with Crippen molar-refractivity contribution >= 4 is 29.4 Å². The Hall–Kier alpha value is -3.40. The molecule has 43 heavy (non-hydrogen) atoms. The molecule has 1 aromatic rings. The molecule has 4 rings (SSSR count). The van der Waals surface area contributed by atoms with Gasteiger partial charge in [0.25, 0.3) is 0 Å². The molecule has 1 saturated carbocycles. The summed E-state index contributed by atoms with van der Waals surface area (Å²) >= 11 is 0. The van der Waals surface area contributed by atoms with Gasteiger partial charge in [-0.3, -0.25) is 19.4 Å². The van der Waals surface area contributed by atoms with Crippen LogP contribution in [0, 0.1) is 17.7 Å². The van der Waals surface area contributed by atoms with Gasteiger partial charge in [0.05, 0.1) is 29.7 Å². The van der Waals surface area contributed by atoms with Gasteiger partial charge in [-0.05, 0) is 51.8 Å². The first-order valence-corrected chi connectivity index (χ1v) is 14.1. The number of likely N-dealkylation sites (tertiary alicyclic amines) is 1. The number of amides is 2. The summed E-state index contributed by atoms with van der Waals surface area (Å²) < 4.78 is 33.5. The highest BCUT2D eigenvalue weighted by atomic mass is 19.1. The van der Waals surface area contributed by atoms with Gasteiger partial charge in [0.2, 0.25) is 11.8 Å². The van der Waals surface area contributed by atoms with E-state index < -0.39 is 48.3 Å². The molecule has 6 atom stereocenters. The van der Waals surface area contributed by atoms with Crippen molar-refractivity contribution in [3.63, 3.8) is 0 Å². The number of carboxylic acids is 2. The lowest BCUT2D eigenvalue weighted by atomic mass is 9.78. The summed E-state index contributed by atoms with van der Waals surface area (Å²) in [5.41, 5.74) is 0.757. The molecule has 2 amide bonds. The fraction of sp³-hybridized carbons (Fsp3) is 0.643. The van der Waals surface area contributed by atoms with Gasteiger partial charge in [0.1, 0.15) is 17.7 Å². The third kappa shape index (κ3) is 8.59. The first-order valence-electron chi connectivity index (χ1n) is 14.1. The van der Waals surface area contributed by atoms with Gasteiger partial charge < -0.3 is 35.2 Å². The summed E-state index contributed by atoms with van der Waals surface area (Å²) in [7, 11) is 0. The second-order valence-corrected chi connectivity index (χ2v) is 11.1. The van der Waals surface area contributed by atoms with E-state index in [2.05, 4.69) is 9.80 Å². The van der Waals surface area contributed by atoms with E-state index in [1.807, 2.05) is 13.8 Å². The van der Waals surface area contributed by atoms with Gasteiger partial charge in [0.15, 0.2) is 12.2 Å². The molecule has 0 radical (unpaired) electrons. The number of aliphatic carboxylic acids is 2. The van der Waals surface area contributed by atoms with Crippen molar-refractivity contribution in [1.82, 2.24) is 9.80 Å². The van der Waals surface area contributed by atoms with Crippen molar-refractivity contribution < 1.29 is 58.2 Å². The number of fused-ring (bicyclic) bond motifs is 1. The average Bonchev–Trinajstić information content (AvgIpc) is 3.17. The van der Waals surface area contributed by atoms with Crippen LogP contribution in [0.2, 0.25) is 0 Å². The van der Waals surface area contributed by atoms with Crippen LogP contribution >= 0.6 is 0 Å². The van der Waals surface area contributed by atoms with Gasteiger partial charge in [-0.1, -0.05) is 0 Å². The zero-order valence-electron chi connectivity index (χ0n) is 24.0. The molecular formula is C28H39F2N3O10. The number of benzene rings is 1. The van der Waals surface area contributed by atoms with Crippen LogP contribution in [0.25, 0.3) is 0 Å². The predicted octanol–water partition coefficient (Wildman–Crippen LogP) is 0.0964. The maximum atomic E-state index is 13.9. The third-order valence-electron chi connectivity index (χ3n) is 7.70. The minimum atomic E-state index is -2.27. The van der Waals surface area contributed by atoms with E-state index in [0.717, 1.165) is 38.4 Å². The highest BCUT2D eigenvalue weighted by Gasteiger charge is 2.52. The first-order chi connectivity index (χ1) is 20.2. The number of anilines is 1. The second-order valence-electron chi connectivity index (χ2n) is 11.1. The number of hydrogen-bond acceptors (Lipinski definition) is 10. The Bertz CT molecular complexity index is 1120. The van der Waals surface area contributed by atoms with Crippen molar-refractivity contribution in [2.45, 2.75) is 63.7 Å². The Balaban J connectivity index is 0.000000436. The fourth-order valence-electron chi connectivity index (χ4n) is 5.44. The van der Waals surface area contributed by atoms with Crippen molar-refractivity contribution in [2.24, 2.45) is 11.8 Å². The second kappa shape index (κ2) is 14.9. The van der Waals surface area contributed by atoms with Crippen LogP contribution in [0.3, 0.4) is 0 Å². The Labute approximate surface area is 247 Å². The van der Waals surface area contributed by atoms with Crippen LogP contribution in [0.15, 0.2) is 18.2 Å². The van der Waals surface area contributed by atoms with Crippen LogP contribution in [-0.4, -0.2) is 129 Å². The van der Waals surface area contributed by atoms with Crippen LogP contribution in [0.1, 0.15) is 33.1 Å². The Morgan fingerprint density at radius 1 is 0.953 bits per heavy atom. The molecule has 0 spiro atoms. The molecule has 0 bridgehead atoms. The molecule has 2 aliphatic heterocycles. The third-order valence-corrected chi connectivity index (χ3v) is 7.70. The molecule has 1 aliphatic carbocycles. The number of alkyl halides is 1. The van der Waals surface area contributed by atoms with Crippen LogP contribution in [0.4, 0.5) is 14.5 Å². The van der Waals surface area contributed by atoms with Crippen molar-refractivity contribution in [2.75, 3.05) is 44.2 Å². The molecule has 3 aliphatic rings. The van der Waals surface area contributed by atoms with Crippen LogP contribution in [-0.2, 0) is 19.2 Å². The molecule has 13 nitrogen and oxygen atoms in total. The Morgan fingerprint density at radius 3 is 2.05 bits per heavy atom. The summed E-state index contributed by atoms with van der Waals surface area (Å²) in [5, 5.41) is 42.3. The molecule has 5 N–H and O–H groups in total. The van der Waals surface area contributed by atoms with E-state index in [-0.39, 0.29) is 36.6 Å². The molecular weight excluding hydrogens is 576 g/mol. The maximum absolute atomic E-state index is 13.9. The topological polar surface area (TPSA) is 188 Å². The summed E-state index contributed by atoms with van der Waals surface area (Å²) in [5.74, 6) is -4.95. The number of imide groups is 1. The summed E-state index contributed by atoms with van der Waals surface area (Å²) in [6.45, 7) is 7.92. The summed E-state index contributed by atoms with van der Waals surface area (Å²) in [6.07, 6.45) is -6.55. The van der Waals surface area contributed by atoms with Crippen molar-refractivity contribution in [3.8, 4) is 5.75 Å². The smallest absolute Gasteiger partial charge is 0.335 e. The molecule has 3 fully saturated rings. The number of carbonyl (C=O) groups excluding carboxylic acids is 2. The maximum Gasteiger partial charge on any atom is 0.335 e. The first kappa shape index (κ1) is 34.1. The number of halogens is 2. The highest BCUT2D eigenvalue weighted by molar-refractivity contribution is 6.05. The zero-order chi connectivity index (χ0) is 32.0. The molecule has 0 aromatic heterocycles. The van der Waals surface area contributed by atoms with Gasteiger partial charge in [-0.2, -0.15) is 0 Å². The van der Waals surface area contributed by atoms with Crippen LogP contribution in [0.5, 0.6) is 5.75 Å². The molecule has 2 saturated heterocycles. The zero-order valence-corrected chi connectivity index (χ0v) is 24.0. The molecule has 2 heterocycles. The monoisotopic (exact) mass is 615 g/mol. The average molecular weight is 616 g/mol. The van der Waals surface area contributed by atoms with E-state index in [9.17, 15) is 33.1 Å². The number of piperazine rings is 1. The van der Waals surface area contributed by atoms with E-state index in [4.69, 9.17) is 25.2 Å². The largest absolute Gasteiger partial charge is 0.489 e. The lowest BCUT2D eigenvalue weighted by Gasteiger charge is -2.37. The number of carbonyl (C=O) groups is 4. The normalized spacial score (nSPS) is 25.6. The van der Waals surface area contributed by atoms with E-state index in [1.54, 1.807) is 6.07 Å². The Morgan fingerprint density at radius 2 is 1.51 bits per heavy atom. The fourth-order valence-corrected chi connectivity index (χ4v) is 5.44. The number of hydrogen-bond donors (Lipinski definition) is 5. The standard InChI is InChI=1S/C24H33F2N3O4.C4H6O6/c1-15(2)33-22-5-4-16(25)12-20(22)28-10-8-27(9-11-28)6-3-7-29-23(31)17-13-19(26)21(30)14-18(17)24(29)32;5-1(3(7)8)2(6)4(9)10/h4-5,12,15,17-19,21,30H,3,6-11,13-14H2,1-2H3;1-2,5-6H,(H,7,8)(H,9,10). The SMILES string of the molecule is CC(C)Oc1ccc(F)cc1N1CCN(CCCN2C(=O)C3CC(O)C(F)CC3C2=O)CC1.O=C(O)C(O)C(O)C(=O)O. The van der Waals surface area contributed by atoms with Crippen molar-refractivity contribution in [1.29, 1.82) is 0 Å². The molecule has 15 heteroatoms. The molecule has 6 unspecified atom stereocenters. The van der Waals surface area contributed by atoms with Gasteiger partial charge in [0, 0.05) is 38.8 Å². The number of ether oxygens (including phenoxy) is 1. The lowest BCUT2D eigenvalue weighted by molar-refractivity contribution is -0.165. The quantitative estimate of drug-likeness (QED) is 0.224. The van der Waals surface area contributed by atoms with Crippen molar-refractivity contribution in [3.05, 3.63) is 24.0 Å². The van der Waals surface area contributed by atoms with E-state index in [0.29, 0.717) is 18.7 Å². The van der Waals surface area contributed by atoms with Gasteiger partial charge in [-0.25, -0.2) is 18.4 Å². The predicted molar refractivity (Wildman–Crippen MR) is 147 cm³/mol. The number of aliphatic hydroxyl groups is 3.